The summed E-state index contributed by atoms with van der Waals surface area (Å²) in [5.74, 6) is 1.75. The van der Waals surface area contributed by atoms with E-state index in [0.29, 0.717) is 17.5 Å². The first-order chi connectivity index (χ1) is 35.4. The van der Waals surface area contributed by atoms with Gasteiger partial charge in [-0.2, -0.15) is 0 Å². The smallest absolute Gasteiger partial charge is 0.164 e. The lowest BCUT2D eigenvalue weighted by molar-refractivity contribution is 0.661. The third-order valence-corrected chi connectivity index (χ3v) is 15.1. The van der Waals surface area contributed by atoms with E-state index in [4.69, 9.17) is 23.8 Å². The molecule has 0 saturated heterocycles. The molecule has 0 spiro atoms. The lowest BCUT2D eigenvalue weighted by Crippen LogP contribution is -2.14. The fraction of sp³-hybridized carbons (Fsp3) is 0.0455. The maximum Gasteiger partial charge on any atom is 0.164 e. The van der Waals surface area contributed by atoms with E-state index in [2.05, 4.69) is 182 Å². The molecule has 0 aliphatic heterocycles. The predicted molar refractivity (Wildman–Crippen MR) is 293 cm³/mol. The minimum atomic E-state index is -0.123. The van der Waals surface area contributed by atoms with E-state index in [0.717, 1.165) is 88.5 Å². The molecule has 338 valence electrons. The molecule has 1 aliphatic rings. The van der Waals surface area contributed by atoms with E-state index in [1.54, 1.807) is 0 Å². The number of furan rings is 2. The van der Waals surface area contributed by atoms with Gasteiger partial charge in [-0.05, 0) is 99.6 Å². The summed E-state index contributed by atoms with van der Waals surface area (Å²) < 4.78 is 15.5. The number of hydrogen-bond acceptors (Lipinski definition) is 5. The summed E-state index contributed by atoms with van der Waals surface area (Å²) in [5.41, 5.74) is 19.0. The molecule has 0 atom stereocenters. The summed E-state index contributed by atoms with van der Waals surface area (Å²) >= 11 is 0. The number of fused-ring (bicyclic) bond motifs is 12. The van der Waals surface area contributed by atoms with Crippen molar-refractivity contribution in [1.82, 2.24) is 19.5 Å². The Hall–Kier alpha value is -9.39. The molecular weight excluding hydrogens is 881 g/mol. The summed E-state index contributed by atoms with van der Waals surface area (Å²) in [6.45, 7) is 4.71. The Labute approximate surface area is 414 Å². The van der Waals surface area contributed by atoms with Crippen LogP contribution in [0.15, 0.2) is 227 Å². The zero-order valence-electron chi connectivity index (χ0n) is 39.4. The number of nitrogens with zero attached hydrogens (tertiary/aromatic N) is 4. The highest BCUT2D eigenvalue weighted by atomic mass is 16.3. The molecule has 0 N–H and O–H groups in total. The number of hydrogen-bond donors (Lipinski definition) is 0. The van der Waals surface area contributed by atoms with Gasteiger partial charge in [-0.25, -0.2) is 15.0 Å². The van der Waals surface area contributed by atoms with Crippen molar-refractivity contribution in [2.24, 2.45) is 0 Å². The molecule has 0 amide bonds. The standard InChI is InChI=1S/C66H42N4O2/c1-66(2)54-24-11-9-19-46(54)50-38-57-52(37-55(50)66)51-35-42(31-33-56(51)70(57)44-17-7-4-8-18-44)43-32-34-59-53(36-43)61-49(23-14-26-60(61)71-59)65-68-63(40-15-5-3-6-16-40)67-64(69-65)41-29-27-39(28-30-41)45-21-13-22-48-47-20-10-12-25-58(47)72-62(45)48/h3-38H,1-2H3. The Morgan fingerprint density at radius 1 is 0.347 bits per heavy atom. The molecule has 6 nitrogen and oxygen atoms in total. The molecule has 0 saturated carbocycles. The average molecular weight is 923 g/mol. The molecule has 14 aromatic rings. The third-order valence-electron chi connectivity index (χ3n) is 15.1. The van der Waals surface area contributed by atoms with Gasteiger partial charge < -0.3 is 13.4 Å². The van der Waals surface area contributed by atoms with Crippen LogP contribution in [0.4, 0.5) is 0 Å². The average Bonchev–Trinajstić information content (AvgIpc) is 4.17. The van der Waals surface area contributed by atoms with E-state index in [9.17, 15) is 0 Å². The molecule has 10 aromatic carbocycles. The minimum Gasteiger partial charge on any atom is -0.456 e. The fourth-order valence-electron chi connectivity index (χ4n) is 11.6. The molecule has 0 fully saturated rings. The van der Waals surface area contributed by atoms with Crippen LogP contribution in [-0.4, -0.2) is 19.5 Å². The Balaban J connectivity index is 0.871. The molecule has 6 heteroatoms. The highest BCUT2D eigenvalue weighted by Gasteiger charge is 2.36. The van der Waals surface area contributed by atoms with Crippen molar-refractivity contribution in [2.45, 2.75) is 19.3 Å². The summed E-state index contributed by atoms with van der Waals surface area (Å²) in [6.07, 6.45) is 0. The van der Waals surface area contributed by atoms with Crippen molar-refractivity contribution < 1.29 is 8.83 Å². The number of para-hydroxylation sites is 3. The molecule has 0 bridgehead atoms. The van der Waals surface area contributed by atoms with Gasteiger partial charge in [0.05, 0.1) is 11.0 Å². The van der Waals surface area contributed by atoms with Crippen LogP contribution in [0.2, 0.25) is 0 Å². The summed E-state index contributed by atoms with van der Waals surface area (Å²) in [7, 11) is 0. The maximum atomic E-state index is 6.63. The van der Waals surface area contributed by atoms with Crippen molar-refractivity contribution in [3.63, 3.8) is 0 Å². The molecule has 4 aromatic heterocycles. The van der Waals surface area contributed by atoms with Crippen LogP contribution in [0, 0.1) is 0 Å². The van der Waals surface area contributed by atoms with Crippen LogP contribution in [0.1, 0.15) is 25.0 Å². The van der Waals surface area contributed by atoms with Crippen LogP contribution in [0.5, 0.6) is 0 Å². The number of rotatable bonds is 6. The normalized spacial score (nSPS) is 13.0. The van der Waals surface area contributed by atoms with Crippen molar-refractivity contribution in [2.75, 3.05) is 0 Å². The SMILES string of the molecule is CC1(C)c2ccccc2-c2cc3c(cc21)c1cc(-c2ccc4oc5cccc(-c6nc(-c7ccccc7)nc(-c7ccc(-c8cccc9c8oc8ccccc89)cc7)n6)c5c4c2)ccc1n3-c1ccccc1. The quantitative estimate of drug-likeness (QED) is 0.166. The van der Waals surface area contributed by atoms with Crippen molar-refractivity contribution in [1.29, 1.82) is 0 Å². The third kappa shape index (κ3) is 6.05. The largest absolute Gasteiger partial charge is 0.456 e. The van der Waals surface area contributed by atoms with Gasteiger partial charge in [-0.15, -0.1) is 0 Å². The molecule has 72 heavy (non-hydrogen) atoms. The van der Waals surface area contributed by atoms with E-state index in [1.165, 1.54) is 44.1 Å². The van der Waals surface area contributed by atoms with Gasteiger partial charge >= 0.3 is 0 Å². The second-order valence-corrected chi connectivity index (χ2v) is 19.5. The molecule has 0 unspecified atom stereocenters. The van der Waals surface area contributed by atoms with Crippen molar-refractivity contribution >= 4 is 65.7 Å². The van der Waals surface area contributed by atoms with Gasteiger partial charge in [0.15, 0.2) is 17.5 Å². The molecule has 1 aliphatic carbocycles. The Bertz CT molecular complexity index is 4520. The summed E-state index contributed by atoms with van der Waals surface area (Å²) in [6, 6.07) is 77.1. The van der Waals surface area contributed by atoms with Gasteiger partial charge in [0, 0.05) is 65.7 Å². The predicted octanol–water partition coefficient (Wildman–Crippen LogP) is 17.4. The molecule has 0 radical (unpaired) electrons. The highest BCUT2D eigenvalue weighted by molar-refractivity contribution is 6.15. The minimum absolute atomic E-state index is 0.123. The van der Waals surface area contributed by atoms with Crippen LogP contribution >= 0.6 is 0 Å². The van der Waals surface area contributed by atoms with Gasteiger partial charge in [0.25, 0.3) is 0 Å². The van der Waals surface area contributed by atoms with Crippen LogP contribution in [-0.2, 0) is 5.41 Å². The first-order valence-corrected chi connectivity index (χ1v) is 24.5. The topological polar surface area (TPSA) is 69.9 Å². The lowest BCUT2D eigenvalue weighted by Gasteiger charge is -2.21. The second-order valence-electron chi connectivity index (χ2n) is 19.5. The first kappa shape index (κ1) is 40.5. The number of aromatic nitrogens is 4. The monoisotopic (exact) mass is 922 g/mol. The maximum absolute atomic E-state index is 6.63. The van der Waals surface area contributed by atoms with E-state index >= 15 is 0 Å². The van der Waals surface area contributed by atoms with E-state index < -0.39 is 0 Å². The van der Waals surface area contributed by atoms with Crippen LogP contribution in [0.25, 0.3) is 139 Å². The van der Waals surface area contributed by atoms with E-state index in [-0.39, 0.29) is 5.41 Å². The molecule has 4 heterocycles. The highest BCUT2D eigenvalue weighted by Crippen LogP contribution is 2.51. The van der Waals surface area contributed by atoms with Gasteiger partial charge in [-0.3, -0.25) is 0 Å². The first-order valence-electron chi connectivity index (χ1n) is 24.5. The zero-order chi connectivity index (χ0) is 47.7. The van der Waals surface area contributed by atoms with Crippen LogP contribution < -0.4 is 0 Å². The number of benzene rings is 10. The van der Waals surface area contributed by atoms with Crippen molar-refractivity contribution in [3.8, 4) is 73.2 Å². The summed E-state index contributed by atoms with van der Waals surface area (Å²) in [5, 5.41) is 6.61. The molecule has 15 rings (SSSR count). The van der Waals surface area contributed by atoms with E-state index in [1.807, 2.05) is 54.6 Å². The van der Waals surface area contributed by atoms with Gasteiger partial charge in [0.1, 0.15) is 22.3 Å². The fourth-order valence-corrected chi connectivity index (χ4v) is 11.6. The lowest BCUT2D eigenvalue weighted by atomic mass is 9.82. The zero-order valence-corrected chi connectivity index (χ0v) is 39.4. The van der Waals surface area contributed by atoms with Gasteiger partial charge in [0.2, 0.25) is 0 Å². The Kier molecular flexibility index (Phi) is 8.61. The summed E-state index contributed by atoms with van der Waals surface area (Å²) in [4.78, 5) is 15.6. The Morgan fingerprint density at radius 2 is 0.931 bits per heavy atom. The molecular formula is C66H42N4O2. The van der Waals surface area contributed by atoms with Crippen molar-refractivity contribution in [3.05, 3.63) is 230 Å². The Morgan fingerprint density at radius 3 is 1.76 bits per heavy atom. The van der Waals surface area contributed by atoms with Crippen LogP contribution in [0.3, 0.4) is 0 Å². The second kappa shape index (κ2) is 15.3. The van der Waals surface area contributed by atoms with Gasteiger partial charge in [-0.1, -0.05) is 172 Å².